The molecule has 0 unspecified atom stereocenters. The van der Waals surface area contributed by atoms with E-state index in [9.17, 15) is 9.59 Å². The van der Waals surface area contributed by atoms with Crippen LogP contribution in [0.5, 0.6) is 0 Å². The average Bonchev–Trinajstić information content (AvgIpc) is 2.00. The highest BCUT2D eigenvalue weighted by molar-refractivity contribution is 6.65. The zero-order valence-electron chi connectivity index (χ0n) is 7.12. The Balaban J connectivity index is 3.70. The highest BCUT2D eigenvalue weighted by Gasteiger charge is 2.08. The van der Waals surface area contributed by atoms with E-state index >= 15 is 0 Å². The van der Waals surface area contributed by atoms with Gasteiger partial charge in [0.1, 0.15) is 24.5 Å². The number of oxime groups is 1. The van der Waals surface area contributed by atoms with Crippen LogP contribution in [0.25, 0.3) is 0 Å². The topological polar surface area (TPSA) is 76.0 Å². The molecule has 0 rings (SSSR count). The van der Waals surface area contributed by atoms with Gasteiger partial charge in [-0.2, -0.15) is 0 Å². The van der Waals surface area contributed by atoms with Crippen molar-refractivity contribution in [1.29, 1.82) is 0 Å². The maximum Gasteiger partial charge on any atom is 0.310 e. The van der Waals surface area contributed by atoms with Gasteiger partial charge in [-0.1, -0.05) is 16.8 Å². The van der Waals surface area contributed by atoms with Crippen LogP contribution in [0.3, 0.4) is 0 Å². The van der Waals surface area contributed by atoms with Crippen molar-refractivity contribution in [2.45, 2.75) is 19.3 Å². The predicted octanol–water partition coefficient (Wildman–Crippen LogP) is 1.01. The largest absolute Gasteiger partial charge is 0.481 e. The Labute approximate surface area is 80.3 Å². The molecule has 0 atom stereocenters. The molecule has 13 heavy (non-hydrogen) atoms. The SMILES string of the molecule is CON=C(Cl)CCC(=O)CC(=O)O. The number of hydrogen-bond acceptors (Lipinski definition) is 4. The van der Waals surface area contributed by atoms with Crippen molar-refractivity contribution in [3.8, 4) is 0 Å². The van der Waals surface area contributed by atoms with E-state index in [-0.39, 0.29) is 23.8 Å². The first-order chi connectivity index (χ1) is 6.06. The molecule has 1 N–H and O–H groups in total. The van der Waals surface area contributed by atoms with E-state index in [0.29, 0.717) is 0 Å². The number of Topliss-reactive ketones (excluding diaryl/α,β-unsaturated/α-hetero) is 1. The molecule has 0 aliphatic rings. The number of carbonyl (C=O) groups excluding carboxylic acids is 1. The lowest BCUT2D eigenvalue weighted by Crippen LogP contribution is -2.07. The van der Waals surface area contributed by atoms with E-state index in [0.717, 1.165) is 0 Å². The second-order valence-electron chi connectivity index (χ2n) is 2.26. The quantitative estimate of drug-likeness (QED) is 0.401. The first kappa shape index (κ1) is 11.9. The molecule has 0 saturated carbocycles. The van der Waals surface area contributed by atoms with E-state index in [1.54, 1.807) is 0 Å². The Hall–Kier alpha value is -1.10. The van der Waals surface area contributed by atoms with Crippen LogP contribution in [0.2, 0.25) is 0 Å². The van der Waals surface area contributed by atoms with Crippen LogP contribution in [-0.2, 0) is 14.4 Å². The zero-order chi connectivity index (χ0) is 10.3. The van der Waals surface area contributed by atoms with Crippen molar-refractivity contribution in [1.82, 2.24) is 0 Å². The number of ketones is 1. The first-order valence-corrected chi connectivity index (χ1v) is 3.93. The predicted molar refractivity (Wildman–Crippen MR) is 46.8 cm³/mol. The molecule has 0 bridgehead atoms. The Morgan fingerprint density at radius 3 is 2.54 bits per heavy atom. The molecule has 6 heteroatoms. The van der Waals surface area contributed by atoms with Gasteiger partial charge in [0, 0.05) is 12.8 Å². The van der Waals surface area contributed by atoms with Crippen LogP contribution in [0.1, 0.15) is 19.3 Å². The monoisotopic (exact) mass is 207 g/mol. The Kier molecular flexibility index (Phi) is 5.88. The van der Waals surface area contributed by atoms with Gasteiger partial charge < -0.3 is 9.94 Å². The number of carbonyl (C=O) groups is 2. The van der Waals surface area contributed by atoms with Gasteiger partial charge in [0.25, 0.3) is 0 Å². The third kappa shape index (κ3) is 7.27. The van der Waals surface area contributed by atoms with Crippen LogP contribution in [0.4, 0.5) is 0 Å². The van der Waals surface area contributed by atoms with Gasteiger partial charge in [0.2, 0.25) is 0 Å². The van der Waals surface area contributed by atoms with Gasteiger partial charge in [-0.15, -0.1) is 0 Å². The second kappa shape index (κ2) is 6.42. The number of rotatable bonds is 6. The summed E-state index contributed by atoms with van der Waals surface area (Å²) < 4.78 is 0. The molecular weight excluding hydrogens is 198 g/mol. The fraction of sp³-hybridized carbons (Fsp3) is 0.571. The third-order valence-corrected chi connectivity index (χ3v) is 1.41. The molecule has 0 heterocycles. The summed E-state index contributed by atoms with van der Waals surface area (Å²) in [6, 6.07) is 0. The molecule has 0 aromatic heterocycles. The maximum absolute atomic E-state index is 10.8. The fourth-order valence-corrected chi connectivity index (χ4v) is 0.808. The summed E-state index contributed by atoms with van der Waals surface area (Å²) in [5, 5.41) is 11.8. The average molecular weight is 208 g/mol. The molecule has 0 amide bonds. The van der Waals surface area contributed by atoms with Gasteiger partial charge in [-0.25, -0.2) is 0 Å². The molecule has 0 saturated heterocycles. The summed E-state index contributed by atoms with van der Waals surface area (Å²) in [5.74, 6) is -1.51. The van der Waals surface area contributed by atoms with Crippen molar-refractivity contribution < 1.29 is 19.5 Å². The van der Waals surface area contributed by atoms with E-state index < -0.39 is 12.4 Å². The van der Waals surface area contributed by atoms with E-state index in [2.05, 4.69) is 9.99 Å². The van der Waals surface area contributed by atoms with Crippen molar-refractivity contribution in [3.05, 3.63) is 0 Å². The molecule has 0 aromatic carbocycles. The molecule has 74 valence electrons. The normalized spacial score (nSPS) is 11.1. The summed E-state index contributed by atoms with van der Waals surface area (Å²) in [6.45, 7) is 0. The number of halogens is 1. The number of aliphatic carboxylic acids is 1. The van der Waals surface area contributed by atoms with Crippen LogP contribution in [0, 0.1) is 0 Å². The highest BCUT2D eigenvalue weighted by Crippen LogP contribution is 2.01. The van der Waals surface area contributed by atoms with Crippen molar-refractivity contribution >= 4 is 28.5 Å². The van der Waals surface area contributed by atoms with Crippen molar-refractivity contribution in [2.75, 3.05) is 7.11 Å². The minimum atomic E-state index is -1.13. The summed E-state index contributed by atoms with van der Waals surface area (Å²) in [6.07, 6.45) is -0.198. The highest BCUT2D eigenvalue weighted by atomic mass is 35.5. The lowest BCUT2D eigenvalue weighted by atomic mass is 10.2. The number of carboxylic acids is 1. The van der Waals surface area contributed by atoms with Crippen molar-refractivity contribution in [2.24, 2.45) is 5.16 Å². The summed E-state index contributed by atoms with van der Waals surface area (Å²) in [4.78, 5) is 25.2. The van der Waals surface area contributed by atoms with Crippen LogP contribution in [0.15, 0.2) is 5.16 Å². The Bertz CT molecular complexity index is 227. The van der Waals surface area contributed by atoms with E-state index in [4.69, 9.17) is 16.7 Å². The molecule has 0 aliphatic heterocycles. The third-order valence-electron chi connectivity index (χ3n) is 1.15. The molecule has 0 spiro atoms. The van der Waals surface area contributed by atoms with E-state index in [1.807, 2.05) is 0 Å². The number of carboxylic acid groups (broad SMARTS) is 1. The van der Waals surface area contributed by atoms with Crippen LogP contribution in [-0.4, -0.2) is 29.1 Å². The zero-order valence-corrected chi connectivity index (χ0v) is 7.87. The minimum absolute atomic E-state index is 0.0675. The van der Waals surface area contributed by atoms with Gasteiger partial charge in [-0.3, -0.25) is 9.59 Å². The lowest BCUT2D eigenvalue weighted by Gasteiger charge is -1.95. The first-order valence-electron chi connectivity index (χ1n) is 3.55. The van der Waals surface area contributed by atoms with Crippen molar-refractivity contribution in [3.63, 3.8) is 0 Å². The molecule has 0 fully saturated rings. The van der Waals surface area contributed by atoms with E-state index in [1.165, 1.54) is 7.11 Å². The molecule has 0 aliphatic carbocycles. The van der Waals surface area contributed by atoms with Gasteiger partial charge >= 0.3 is 5.97 Å². The maximum atomic E-state index is 10.8. The molecule has 5 nitrogen and oxygen atoms in total. The summed E-state index contributed by atoms with van der Waals surface area (Å²) >= 11 is 5.49. The van der Waals surface area contributed by atoms with Gasteiger partial charge in [-0.05, 0) is 0 Å². The lowest BCUT2D eigenvalue weighted by molar-refractivity contribution is -0.140. The number of nitrogens with zero attached hydrogens (tertiary/aromatic N) is 1. The standard InChI is InChI=1S/C7H10ClNO4/c1-13-9-6(8)3-2-5(10)4-7(11)12/h2-4H2,1H3,(H,11,12). The Morgan fingerprint density at radius 1 is 1.46 bits per heavy atom. The molecule has 0 aromatic rings. The van der Waals surface area contributed by atoms with Gasteiger partial charge in [0.15, 0.2) is 0 Å². The van der Waals surface area contributed by atoms with Gasteiger partial charge in [0.05, 0.1) is 0 Å². The smallest absolute Gasteiger partial charge is 0.310 e. The summed E-state index contributed by atoms with van der Waals surface area (Å²) in [5.41, 5.74) is 0. The second-order valence-corrected chi connectivity index (χ2v) is 2.70. The van der Waals surface area contributed by atoms with Crippen LogP contribution >= 0.6 is 11.6 Å². The summed E-state index contributed by atoms with van der Waals surface area (Å²) in [7, 11) is 1.33. The molecular formula is C7H10ClNO4. The minimum Gasteiger partial charge on any atom is -0.481 e. The molecule has 0 radical (unpaired) electrons. The number of hydrogen-bond donors (Lipinski definition) is 1. The fourth-order valence-electron chi connectivity index (χ4n) is 0.644. The van der Waals surface area contributed by atoms with Crippen LogP contribution < -0.4 is 0 Å². The Morgan fingerprint density at radius 2 is 2.08 bits per heavy atom.